The van der Waals surface area contributed by atoms with Gasteiger partial charge in [0.15, 0.2) is 5.78 Å². The lowest BCUT2D eigenvalue weighted by Gasteiger charge is -2.05. The molecule has 132 valence electrons. The van der Waals surface area contributed by atoms with Gasteiger partial charge in [-0.3, -0.25) is 4.79 Å². The Morgan fingerprint density at radius 2 is 1.83 bits per heavy atom. The third kappa shape index (κ3) is 6.31. The molecule has 0 atom stereocenters. The minimum absolute atomic E-state index is 0.0807. The van der Waals surface area contributed by atoms with Gasteiger partial charge in [0.2, 0.25) is 0 Å². The molecule has 0 heterocycles. The van der Waals surface area contributed by atoms with Gasteiger partial charge < -0.3 is 15.6 Å². The monoisotopic (exact) mass is 345 g/mol. The Bertz CT molecular complexity index is 605. The van der Waals surface area contributed by atoms with Crippen LogP contribution in [0.1, 0.15) is 25.3 Å². The molecule has 3 N–H and O–H groups in total. The number of anilines is 1. The molecule has 1 fully saturated rings. The number of ketones is 1. The van der Waals surface area contributed by atoms with Crippen molar-refractivity contribution in [2.75, 3.05) is 12.3 Å². The van der Waals surface area contributed by atoms with Crippen molar-refractivity contribution in [2.24, 2.45) is 5.92 Å². The lowest BCUT2D eigenvalue weighted by atomic mass is 10.1. The lowest BCUT2D eigenvalue weighted by Crippen LogP contribution is -2.14. The van der Waals surface area contributed by atoms with E-state index >= 15 is 0 Å². The molecule has 0 saturated heterocycles. The van der Waals surface area contributed by atoms with E-state index in [0.717, 1.165) is 31.2 Å². The molecule has 5 nitrogen and oxygen atoms in total. The topological polar surface area (TPSA) is 89.6 Å². The van der Waals surface area contributed by atoms with Crippen molar-refractivity contribution < 1.29 is 32.6 Å². The summed E-state index contributed by atoms with van der Waals surface area (Å²) >= 11 is 0. The number of carbonyl (C=O) groups is 2. The van der Waals surface area contributed by atoms with Crippen molar-refractivity contribution in [1.29, 1.82) is 0 Å². The average Bonchev–Trinajstić information content (AvgIpc) is 3.32. The Kier molecular flexibility index (Phi) is 6.82. The zero-order valence-electron chi connectivity index (χ0n) is 13.0. The first kappa shape index (κ1) is 19.5. The minimum Gasteiger partial charge on any atom is -0.500 e. The van der Waals surface area contributed by atoms with Crippen molar-refractivity contribution in [1.82, 2.24) is 0 Å². The second-order valence-corrected chi connectivity index (χ2v) is 5.05. The molecule has 1 aromatic carbocycles. The Morgan fingerprint density at radius 3 is 2.21 bits per heavy atom. The normalized spacial score (nSPS) is 14.4. The summed E-state index contributed by atoms with van der Waals surface area (Å²) in [5, 5.41) is 8.68. The third-order valence-corrected chi connectivity index (χ3v) is 3.05. The fraction of sp³-hybridized carbons (Fsp3) is 0.375. The number of rotatable bonds is 5. The molecule has 24 heavy (non-hydrogen) atoms. The van der Waals surface area contributed by atoms with Crippen LogP contribution in [0.5, 0.6) is 0 Å². The molecule has 0 aliphatic heterocycles. The summed E-state index contributed by atoms with van der Waals surface area (Å²) in [6.07, 6.45) is -1.62. The molecule has 8 heteroatoms. The van der Waals surface area contributed by atoms with Crippen molar-refractivity contribution in [3.63, 3.8) is 0 Å². The van der Waals surface area contributed by atoms with E-state index in [-0.39, 0.29) is 17.3 Å². The standard InChI is InChI=1S/C9H12O4.C7H6F3N/c1-2-13-5-7(9(11)12)8(10)6-3-4-6;8-7(9,10)5-1-3-6(11)4-2-5/h5-6H,2-4H2,1H3,(H,11,12);1-4H,11H2. The van der Waals surface area contributed by atoms with E-state index in [9.17, 15) is 22.8 Å². The maximum atomic E-state index is 11.9. The van der Waals surface area contributed by atoms with Gasteiger partial charge >= 0.3 is 12.1 Å². The summed E-state index contributed by atoms with van der Waals surface area (Å²) in [4.78, 5) is 21.9. The van der Waals surface area contributed by atoms with E-state index in [1.807, 2.05) is 0 Å². The average molecular weight is 345 g/mol. The summed E-state index contributed by atoms with van der Waals surface area (Å²) in [5.41, 5.74) is 4.63. The number of carboxylic acid groups (broad SMARTS) is 1. The second-order valence-electron chi connectivity index (χ2n) is 5.05. The number of nitrogen functional groups attached to an aromatic ring is 1. The number of aliphatic carboxylic acids is 1. The molecule has 1 aliphatic carbocycles. The fourth-order valence-electron chi connectivity index (χ4n) is 1.62. The number of nitrogens with two attached hydrogens (primary N) is 1. The molecule has 0 amide bonds. The SMILES string of the molecule is CCOC=C(C(=O)O)C(=O)C1CC1.Nc1ccc(C(F)(F)F)cc1. The largest absolute Gasteiger partial charge is 0.500 e. The molecule has 1 aliphatic rings. The Morgan fingerprint density at radius 1 is 1.29 bits per heavy atom. The molecular formula is C16H18F3NO4. The van der Waals surface area contributed by atoms with Crippen LogP contribution < -0.4 is 5.73 Å². The van der Waals surface area contributed by atoms with Crippen LogP contribution >= 0.6 is 0 Å². The molecule has 0 spiro atoms. The van der Waals surface area contributed by atoms with E-state index in [1.54, 1.807) is 6.92 Å². The van der Waals surface area contributed by atoms with Crippen LogP contribution in [0.4, 0.5) is 18.9 Å². The summed E-state index contributed by atoms with van der Waals surface area (Å²) in [6, 6.07) is 4.36. The van der Waals surface area contributed by atoms with Crippen molar-refractivity contribution >= 4 is 17.4 Å². The lowest BCUT2D eigenvalue weighted by molar-refractivity contribution is -0.138. The Labute approximate surface area is 136 Å². The highest BCUT2D eigenvalue weighted by atomic mass is 19.4. The molecule has 1 saturated carbocycles. The van der Waals surface area contributed by atoms with Gasteiger partial charge in [-0.2, -0.15) is 13.2 Å². The highest BCUT2D eigenvalue weighted by Crippen LogP contribution is 2.32. The summed E-state index contributed by atoms with van der Waals surface area (Å²) < 4.78 is 40.4. The van der Waals surface area contributed by atoms with E-state index < -0.39 is 17.7 Å². The number of halogens is 3. The summed E-state index contributed by atoms with van der Waals surface area (Å²) in [6.45, 7) is 2.10. The van der Waals surface area contributed by atoms with E-state index in [4.69, 9.17) is 15.6 Å². The summed E-state index contributed by atoms with van der Waals surface area (Å²) in [5.74, 6) is -1.59. The van der Waals surface area contributed by atoms with Crippen molar-refractivity contribution in [3.05, 3.63) is 41.7 Å². The summed E-state index contributed by atoms with van der Waals surface area (Å²) in [7, 11) is 0. The number of carboxylic acids is 1. The molecule has 2 rings (SSSR count). The van der Waals surface area contributed by atoms with Crippen LogP contribution in [0.25, 0.3) is 0 Å². The van der Waals surface area contributed by atoms with Crippen LogP contribution in [-0.4, -0.2) is 23.5 Å². The van der Waals surface area contributed by atoms with Crippen molar-refractivity contribution in [2.45, 2.75) is 25.9 Å². The molecule has 0 radical (unpaired) electrons. The Balaban J connectivity index is 0.000000243. The predicted octanol–water partition coefficient (Wildman–Crippen LogP) is 3.26. The maximum Gasteiger partial charge on any atom is 0.416 e. The highest BCUT2D eigenvalue weighted by molar-refractivity contribution is 6.17. The van der Waals surface area contributed by atoms with Crippen LogP contribution in [0.3, 0.4) is 0 Å². The number of hydrogen-bond acceptors (Lipinski definition) is 4. The van der Waals surface area contributed by atoms with Crippen LogP contribution in [-0.2, 0) is 20.5 Å². The van der Waals surface area contributed by atoms with Gasteiger partial charge in [0, 0.05) is 11.6 Å². The number of Topliss-reactive ketones (excluding diaryl/α,β-unsaturated/α-hetero) is 1. The first-order chi connectivity index (χ1) is 11.2. The van der Waals surface area contributed by atoms with Gasteiger partial charge in [0.25, 0.3) is 0 Å². The van der Waals surface area contributed by atoms with Crippen molar-refractivity contribution in [3.8, 4) is 0 Å². The van der Waals surface area contributed by atoms with Gasteiger partial charge in [-0.05, 0) is 44.0 Å². The van der Waals surface area contributed by atoms with E-state index in [0.29, 0.717) is 12.3 Å². The second kappa shape index (κ2) is 8.37. The molecule has 0 aromatic heterocycles. The quantitative estimate of drug-likeness (QED) is 0.281. The number of carbonyl (C=O) groups excluding carboxylic acids is 1. The molecular weight excluding hydrogens is 327 g/mol. The van der Waals surface area contributed by atoms with Gasteiger partial charge in [-0.1, -0.05) is 0 Å². The van der Waals surface area contributed by atoms with Gasteiger partial charge in [-0.15, -0.1) is 0 Å². The smallest absolute Gasteiger partial charge is 0.416 e. The van der Waals surface area contributed by atoms with Gasteiger partial charge in [0.1, 0.15) is 11.8 Å². The minimum atomic E-state index is -4.27. The zero-order chi connectivity index (χ0) is 18.3. The predicted molar refractivity (Wildman–Crippen MR) is 80.9 cm³/mol. The van der Waals surface area contributed by atoms with Gasteiger partial charge in [0.05, 0.1) is 12.2 Å². The first-order valence-corrected chi connectivity index (χ1v) is 7.18. The third-order valence-electron chi connectivity index (χ3n) is 3.05. The molecule has 0 bridgehead atoms. The number of ether oxygens (including phenoxy) is 1. The van der Waals surface area contributed by atoms with E-state index in [2.05, 4.69) is 0 Å². The van der Waals surface area contributed by atoms with E-state index in [1.165, 1.54) is 12.1 Å². The van der Waals surface area contributed by atoms with Gasteiger partial charge in [-0.25, -0.2) is 4.79 Å². The molecule has 1 aromatic rings. The van der Waals surface area contributed by atoms with Crippen LogP contribution in [0.15, 0.2) is 36.1 Å². The number of hydrogen-bond donors (Lipinski definition) is 2. The zero-order valence-corrected chi connectivity index (χ0v) is 13.0. The van der Waals surface area contributed by atoms with Crippen LogP contribution in [0.2, 0.25) is 0 Å². The number of benzene rings is 1. The molecule has 0 unspecified atom stereocenters. The first-order valence-electron chi connectivity index (χ1n) is 7.18. The number of alkyl halides is 3. The van der Waals surface area contributed by atoms with Crippen LogP contribution in [0, 0.1) is 5.92 Å². The highest BCUT2D eigenvalue weighted by Gasteiger charge is 2.34. The maximum absolute atomic E-state index is 11.9. The fourth-order valence-corrected chi connectivity index (χ4v) is 1.62. The Hall–Kier alpha value is -2.51.